The number of nitrogens with one attached hydrogen (secondary N) is 1. The van der Waals surface area contributed by atoms with Gasteiger partial charge in [-0.2, -0.15) is 0 Å². The molecular weight excluding hydrogens is 284 g/mol. The van der Waals surface area contributed by atoms with E-state index in [4.69, 9.17) is 15.2 Å². The van der Waals surface area contributed by atoms with Gasteiger partial charge in [0.15, 0.2) is 11.5 Å². The summed E-state index contributed by atoms with van der Waals surface area (Å²) in [5.41, 5.74) is 6.73. The molecule has 0 saturated carbocycles. The summed E-state index contributed by atoms with van der Waals surface area (Å²) in [6, 6.07) is 3.69. The van der Waals surface area contributed by atoms with Crippen molar-refractivity contribution in [2.75, 3.05) is 25.3 Å². The molecule has 0 radical (unpaired) electrons. The summed E-state index contributed by atoms with van der Waals surface area (Å²) in [6.07, 6.45) is 0. The fraction of sp³-hybridized carbons (Fsp3) is 0.375. The minimum absolute atomic E-state index is 0.0202. The van der Waals surface area contributed by atoms with Crippen molar-refractivity contribution >= 4 is 17.1 Å². The van der Waals surface area contributed by atoms with Gasteiger partial charge >= 0.3 is 0 Å². The van der Waals surface area contributed by atoms with Crippen LogP contribution in [0.1, 0.15) is 26.3 Å². The Kier molecular flexibility index (Phi) is 3.87. The van der Waals surface area contributed by atoms with Gasteiger partial charge in [0, 0.05) is 0 Å². The number of nitrogen functional groups attached to an aromatic ring is 1. The maximum absolute atomic E-state index is 11.7. The first-order valence-electron chi connectivity index (χ1n) is 6.83. The molecule has 0 aliphatic heterocycles. The first-order valence-corrected chi connectivity index (χ1v) is 6.83. The van der Waals surface area contributed by atoms with Crippen LogP contribution in [-0.2, 0) is 5.41 Å². The lowest BCUT2D eigenvalue weighted by molar-refractivity contribution is 0.407. The Balaban J connectivity index is 2.54. The number of methoxy groups -OCH3 is 2. The Bertz CT molecular complexity index is 781. The molecule has 6 nitrogen and oxygen atoms in total. The van der Waals surface area contributed by atoms with Gasteiger partial charge in [0.2, 0.25) is 0 Å². The van der Waals surface area contributed by atoms with Gasteiger partial charge in [-0.15, -0.1) is 0 Å². The molecule has 0 spiro atoms. The van der Waals surface area contributed by atoms with E-state index < -0.39 is 10.9 Å². The summed E-state index contributed by atoms with van der Waals surface area (Å²) in [5.74, 6) is 0.440. The van der Waals surface area contributed by atoms with Crippen LogP contribution in [0.25, 0.3) is 0 Å². The van der Waals surface area contributed by atoms with Crippen molar-refractivity contribution in [3.8, 4) is 11.5 Å². The van der Waals surface area contributed by atoms with Crippen molar-refractivity contribution < 1.29 is 9.47 Å². The third kappa shape index (κ3) is 2.52. The Morgan fingerprint density at radius 3 is 2.09 bits per heavy atom. The van der Waals surface area contributed by atoms with E-state index in [0.29, 0.717) is 17.1 Å². The Morgan fingerprint density at radius 2 is 1.59 bits per heavy atom. The number of hydrogen-bond acceptors (Lipinski definition) is 6. The maximum Gasteiger partial charge on any atom is 0.272 e. The molecule has 0 aromatic heterocycles. The third-order valence-corrected chi connectivity index (χ3v) is 3.52. The van der Waals surface area contributed by atoms with Crippen molar-refractivity contribution in [1.82, 2.24) is 0 Å². The van der Waals surface area contributed by atoms with Crippen molar-refractivity contribution in [1.29, 1.82) is 0 Å². The molecule has 0 bridgehead atoms. The first kappa shape index (κ1) is 15.9. The molecule has 0 amide bonds. The second-order valence-corrected chi connectivity index (χ2v) is 6.09. The van der Waals surface area contributed by atoms with Crippen LogP contribution in [-0.4, -0.2) is 14.2 Å². The first-order chi connectivity index (χ1) is 10.2. The largest absolute Gasteiger partial charge is 0.492 e. The monoisotopic (exact) mass is 304 g/mol. The molecule has 0 unspecified atom stereocenters. The smallest absolute Gasteiger partial charge is 0.272 e. The minimum Gasteiger partial charge on any atom is -0.492 e. The summed E-state index contributed by atoms with van der Waals surface area (Å²) < 4.78 is 10.2. The van der Waals surface area contributed by atoms with Crippen molar-refractivity contribution in [3.63, 3.8) is 0 Å². The molecule has 3 N–H and O–H groups in total. The van der Waals surface area contributed by atoms with Crippen LogP contribution >= 0.6 is 0 Å². The zero-order valence-electron chi connectivity index (χ0n) is 13.4. The Morgan fingerprint density at radius 1 is 1.00 bits per heavy atom. The fourth-order valence-corrected chi connectivity index (χ4v) is 2.22. The lowest BCUT2D eigenvalue weighted by atomic mass is 9.86. The van der Waals surface area contributed by atoms with E-state index in [-0.39, 0.29) is 16.9 Å². The van der Waals surface area contributed by atoms with E-state index in [1.165, 1.54) is 14.2 Å². The Labute approximate surface area is 128 Å². The predicted molar refractivity (Wildman–Crippen MR) is 87.3 cm³/mol. The number of hydrogen-bond donors (Lipinski definition) is 2. The summed E-state index contributed by atoms with van der Waals surface area (Å²) in [6.45, 7) is 6.15. The summed E-state index contributed by atoms with van der Waals surface area (Å²) >= 11 is 0. The second-order valence-electron chi connectivity index (χ2n) is 6.09. The average molecular weight is 304 g/mol. The van der Waals surface area contributed by atoms with Gasteiger partial charge in [-0.3, -0.25) is 9.59 Å². The number of nitrogens with two attached hydrogens (primary N) is 1. The molecule has 6 heteroatoms. The van der Waals surface area contributed by atoms with Crippen molar-refractivity contribution in [3.05, 3.63) is 38.1 Å². The molecule has 2 aromatic rings. The number of benzene rings is 1. The van der Waals surface area contributed by atoms with Gasteiger partial charge in [-0.05, 0) is 23.1 Å². The van der Waals surface area contributed by atoms with Crippen LogP contribution in [0.3, 0.4) is 0 Å². The van der Waals surface area contributed by atoms with Gasteiger partial charge < -0.3 is 20.5 Å². The lowest BCUT2D eigenvalue weighted by Crippen LogP contribution is -2.34. The zero-order valence-corrected chi connectivity index (χ0v) is 13.4. The fourth-order valence-electron chi connectivity index (χ4n) is 2.22. The van der Waals surface area contributed by atoms with Crippen LogP contribution < -0.4 is 31.4 Å². The normalized spacial score (nSPS) is 11.5. The van der Waals surface area contributed by atoms with Crippen LogP contribution in [0.2, 0.25) is 0 Å². The summed E-state index contributed by atoms with van der Waals surface area (Å²) in [4.78, 5) is 23.1. The highest BCUT2D eigenvalue weighted by Gasteiger charge is 2.24. The van der Waals surface area contributed by atoms with Crippen LogP contribution in [0.5, 0.6) is 11.5 Å². The maximum atomic E-state index is 11.7. The van der Waals surface area contributed by atoms with E-state index in [1.807, 2.05) is 12.1 Å². The molecule has 0 fully saturated rings. The SMILES string of the molecule is COc1c(N)cc(C(C)(C)C)cc1Nc1c(OC)c(=O)c1=O. The molecule has 0 aliphatic rings. The second kappa shape index (κ2) is 5.36. The number of ether oxygens (including phenoxy) is 2. The standard InChI is InChI=1S/C16H20N2O4/c1-16(2,3)8-6-9(17)14(21-4)10(7-8)18-11-12(19)13(20)15(11)22-5/h6-7,18H,17H2,1-5H3. The van der Waals surface area contributed by atoms with Crippen LogP contribution in [0, 0.1) is 0 Å². The minimum atomic E-state index is -0.635. The van der Waals surface area contributed by atoms with Gasteiger partial charge in [0.05, 0.1) is 25.6 Å². The number of rotatable bonds is 4. The highest BCUT2D eigenvalue weighted by Crippen LogP contribution is 2.38. The number of anilines is 3. The van der Waals surface area contributed by atoms with E-state index in [1.54, 1.807) is 0 Å². The van der Waals surface area contributed by atoms with Crippen LogP contribution in [0.4, 0.5) is 17.1 Å². The summed E-state index contributed by atoms with van der Waals surface area (Å²) in [5, 5.41) is 2.91. The predicted octanol–water partition coefficient (Wildman–Crippen LogP) is 1.92. The molecule has 22 heavy (non-hydrogen) atoms. The Hall–Kier alpha value is -2.50. The quantitative estimate of drug-likeness (QED) is 0.662. The van der Waals surface area contributed by atoms with Gasteiger partial charge in [0.1, 0.15) is 5.69 Å². The summed E-state index contributed by atoms with van der Waals surface area (Å²) in [7, 11) is 2.84. The zero-order chi connectivity index (χ0) is 16.7. The highest BCUT2D eigenvalue weighted by atomic mass is 16.5. The molecule has 2 aromatic carbocycles. The highest BCUT2D eigenvalue weighted by molar-refractivity contribution is 5.79. The molecule has 0 saturated heterocycles. The molecule has 2 rings (SSSR count). The molecule has 0 atom stereocenters. The third-order valence-electron chi connectivity index (χ3n) is 3.52. The van der Waals surface area contributed by atoms with E-state index in [2.05, 4.69) is 26.1 Å². The van der Waals surface area contributed by atoms with Gasteiger partial charge in [-0.1, -0.05) is 20.8 Å². The topological polar surface area (TPSA) is 90.7 Å². The van der Waals surface area contributed by atoms with Crippen molar-refractivity contribution in [2.24, 2.45) is 0 Å². The molecule has 118 valence electrons. The van der Waals surface area contributed by atoms with Crippen LogP contribution in [0.15, 0.2) is 21.7 Å². The van der Waals surface area contributed by atoms with Gasteiger partial charge in [0.25, 0.3) is 10.9 Å². The van der Waals surface area contributed by atoms with E-state index in [9.17, 15) is 9.59 Å². The van der Waals surface area contributed by atoms with E-state index >= 15 is 0 Å². The average Bonchev–Trinajstić information content (AvgIpc) is 2.45. The van der Waals surface area contributed by atoms with Gasteiger partial charge in [-0.25, -0.2) is 0 Å². The molecule has 0 heterocycles. The van der Waals surface area contributed by atoms with E-state index in [0.717, 1.165) is 5.56 Å². The van der Waals surface area contributed by atoms with Crippen molar-refractivity contribution in [2.45, 2.75) is 26.2 Å². The lowest BCUT2D eigenvalue weighted by Gasteiger charge is -2.23. The molecular formula is C16H20N2O4. The molecule has 0 aliphatic carbocycles.